The number of nitrogens with one attached hydrogen (secondary N) is 1. The molecule has 0 radical (unpaired) electrons. The number of primary amides is 1. The van der Waals surface area contributed by atoms with Crippen molar-refractivity contribution < 1.29 is 14.3 Å². The first-order valence-corrected chi connectivity index (χ1v) is 6.96. The van der Waals surface area contributed by atoms with Crippen molar-refractivity contribution in [2.45, 2.75) is 71.2 Å². The molecule has 6 nitrogen and oxygen atoms in total. The molecule has 0 saturated carbocycles. The summed E-state index contributed by atoms with van der Waals surface area (Å²) >= 11 is 0. The van der Waals surface area contributed by atoms with Gasteiger partial charge in [-0.15, -0.1) is 0 Å². The number of nitrogens with two attached hydrogens (primary N) is 1. The predicted molar refractivity (Wildman–Crippen MR) is 77.2 cm³/mol. The van der Waals surface area contributed by atoms with Crippen molar-refractivity contribution in [3.05, 3.63) is 0 Å². The summed E-state index contributed by atoms with van der Waals surface area (Å²) in [4.78, 5) is 25.4. The van der Waals surface area contributed by atoms with Crippen molar-refractivity contribution in [2.75, 3.05) is 6.54 Å². The molecule has 0 unspecified atom stereocenters. The van der Waals surface area contributed by atoms with E-state index < -0.39 is 11.7 Å². The number of amides is 2. The van der Waals surface area contributed by atoms with Crippen LogP contribution < -0.4 is 11.1 Å². The standard InChI is InChI=1S/C14H27N3O3/c1-13(2,3)17-8-9(7-10(17)11(15)18)16-12(19)20-14(4,5)6/h9-10H,7-8H2,1-6H3,(H2,15,18)(H,16,19)/t9-,10+/m1/s1. The molecular weight excluding hydrogens is 258 g/mol. The quantitative estimate of drug-likeness (QED) is 0.799. The van der Waals surface area contributed by atoms with Gasteiger partial charge in [0, 0.05) is 18.1 Å². The van der Waals surface area contributed by atoms with Crippen molar-refractivity contribution >= 4 is 12.0 Å². The van der Waals surface area contributed by atoms with E-state index in [-0.39, 0.29) is 23.5 Å². The zero-order chi connectivity index (χ0) is 15.7. The Morgan fingerprint density at radius 2 is 1.75 bits per heavy atom. The molecule has 1 heterocycles. The Morgan fingerprint density at radius 3 is 2.10 bits per heavy atom. The zero-order valence-electron chi connectivity index (χ0n) is 13.3. The van der Waals surface area contributed by atoms with Crippen LogP contribution in [0.1, 0.15) is 48.0 Å². The van der Waals surface area contributed by atoms with E-state index in [2.05, 4.69) is 5.32 Å². The van der Waals surface area contributed by atoms with E-state index in [9.17, 15) is 9.59 Å². The smallest absolute Gasteiger partial charge is 0.407 e. The molecule has 116 valence electrons. The minimum absolute atomic E-state index is 0.124. The average Bonchev–Trinajstić information content (AvgIpc) is 2.57. The summed E-state index contributed by atoms with van der Waals surface area (Å²) < 4.78 is 5.23. The average molecular weight is 285 g/mol. The molecule has 1 aliphatic rings. The van der Waals surface area contributed by atoms with Gasteiger partial charge in [0.25, 0.3) is 0 Å². The third-order valence-corrected chi connectivity index (χ3v) is 3.21. The normalized spacial score (nSPS) is 24.5. The molecule has 0 aromatic carbocycles. The highest BCUT2D eigenvalue weighted by Gasteiger charge is 2.41. The van der Waals surface area contributed by atoms with Crippen LogP contribution in [-0.4, -0.2) is 46.7 Å². The largest absolute Gasteiger partial charge is 0.444 e. The van der Waals surface area contributed by atoms with E-state index in [4.69, 9.17) is 10.5 Å². The lowest BCUT2D eigenvalue weighted by atomic mass is 10.0. The third-order valence-electron chi connectivity index (χ3n) is 3.21. The van der Waals surface area contributed by atoms with E-state index in [1.54, 1.807) is 0 Å². The van der Waals surface area contributed by atoms with Crippen LogP contribution >= 0.6 is 0 Å². The van der Waals surface area contributed by atoms with Crippen LogP contribution in [0.5, 0.6) is 0 Å². The molecule has 6 heteroatoms. The number of carbonyl (C=O) groups excluding carboxylic acids is 2. The molecule has 2 amide bonds. The van der Waals surface area contributed by atoms with Gasteiger partial charge >= 0.3 is 6.09 Å². The third kappa shape index (κ3) is 4.67. The fourth-order valence-electron chi connectivity index (χ4n) is 2.43. The van der Waals surface area contributed by atoms with Crippen molar-refractivity contribution in [3.8, 4) is 0 Å². The summed E-state index contributed by atoms with van der Waals surface area (Å²) in [5.41, 5.74) is 4.75. The maximum Gasteiger partial charge on any atom is 0.407 e. The number of nitrogens with zero attached hydrogens (tertiary/aromatic N) is 1. The van der Waals surface area contributed by atoms with Gasteiger partial charge in [0.05, 0.1) is 6.04 Å². The monoisotopic (exact) mass is 285 g/mol. The number of hydrogen-bond donors (Lipinski definition) is 2. The predicted octanol–water partition coefficient (Wildman–Crippen LogP) is 1.24. The van der Waals surface area contributed by atoms with Crippen LogP contribution in [0, 0.1) is 0 Å². The van der Waals surface area contributed by atoms with Crippen LogP contribution in [0.3, 0.4) is 0 Å². The number of carbonyl (C=O) groups is 2. The SMILES string of the molecule is CC(C)(C)OC(=O)N[C@@H]1C[C@@H](C(N)=O)N(C(C)(C)C)C1. The lowest BCUT2D eigenvalue weighted by Gasteiger charge is -2.35. The van der Waals surface area contributed by atoms with Gasteiger partial charge in [0.1, 0.15) is 5.60 Å². The summed E-state index contributed by atoms with van der Waals surface area (Å²) in [5, 5.41) is 2.81. The van der Waals surface area contributed by atoms with Crippen LogP contribution in [0.15, 0.2) is 0 Å². The molecule has 1 fully saturated rings. The van der Waals surface area contributed by atoms with Gasteiger partial charge in [-0.25, -0.2) is 4.79 Å². The second-order valence-electron chi connectivity index (χ2n) is 7.32. The Hall–Kier alpha value is -1.30. The topological polar surface area (TPSA) is 84.7 Å². The maximum absolute atomic E-state index is 11.8. The van der Waals surface area contributed by atoms with Gasteiger partial charge in [-0.05, 0) is 48.0 Å². The highest BCUT2D eigenvalue weighted by molar-refractivity contribution is 5.80. The van der Waals surface area contributed by atoms with Crippen LogP contribution in [0.25, 0.3) is 0 Å². The molecule has 0 aromatic rings. The summed E-state index contributed by atoms with van der Waals surface area (Å²) in [6, 6.07) is -0.475. The first-order valence-electron chi connectivity index (χ1n) is 6.96. The van der Waals surface area contributed by atoms with E-state index in [0.717, 1.165) is 0 Å². The molecule has 1 aliphatic heterocycles. The second kappa shape index (κ2) is 5.60. The molecule has 20 heavy (non-hydrogen) atoms. The van der Waals surface area contributed by atoms with Gasteiger partial charge in [-0.3, -0.25) is 9.69 Å². The zero-order valence-corrected chi connectivity index (χ0v) is 13.3. The number of hydrogen-bond acceptors (Lipinski definition) is 4. The maximum atomic E-state index is 11.8. The van der Waals surface area contributed by atoms with Gasteiger partial charge in [0.15, 0.2) is 0 Å². The van der Waals surface area contributed by atoms with E-state index in [1.165, 1.54) is 0 Å². The van der Waals surface area contributed by atoms with Crippen molar-refractivity contribution in [1.29, 1.82) is 0 Å². The molecule has 1 rings (SSSR count). The molecule has 0 aromatic heterocycles. The Kier molecular flexibility index (Phi) is 4.69. The highest BCUT2D eigenvalue weighted by Crippen LogP contribution is 2.26. The first-order chi connectivity index (χ1) is 8.90. The van der Waals surface area contributed by atoms with E-state index in [0.29, 0.717) is 13.0 Å². The number of rotatable bonds is 2. The molecule has 1 saturated heterocycles. The van der Waals surface area contributed by atoms with Crippen LogP contribution in [0.4, 0.5) is 4.79 Å². The highest BCUT2D eigenvalue weighted by atomic mass is 16.6. The lowest BCUT2D eigenvalue weighted by Crippen LogP contribution is -2.50. The number of likely N-dealkylation sites (tertiary alicyclic amines) is 1. The summed E-state index contributed by atoms with van der Waals surface area (Å²) in [6.07, 6.45) is 0.0627. The molecule has 3 N–H and O–H groups in total. The van der Waals surface area contributed by atoms with Gasteiger partial charge in [-0.1, -0.05) is 0 Å². The van der Waals surface area contributed by atoms with E-state index in [1.807, 2.05) is 46.4 Å². The van der Waals surface area contributed by atoms with Gasteiger partial charge < -0.3 is 15.8 Å². The fourth-order valence-corrected chi connectivity index (χ4v) is 2.43. The minimum atomic E-state index is -0.532. The lowest BCUT2D eigenvalue weighted by molar-refractivity contribution is -0.123. The molecule has 0 aliphatic carbocycles. The van der Waals surface area contributed by atoms with Crippen LogP contribution in [0.2, 0.25) is 0 Å². The molecule has 2 atom stereocenters. The van der Waals surface area contributed by atoms with E-state index >= 15 is 0 Å². The number of alkyl carbamates (subject to hydrolysis) is 1. The Labute approximate surface area is 121 Å². The van der Waals surface area contributed by atoms with Crippen molar-refractivity contribution in [2.24, 2.45) is 5.73 Å². The Bertz CT molecular complexity index is 382. The molecule has 0 spiro atoms. The first kappa shape index (κ1) is 16.8. The second-order valence-corrected chi connectivity index (χ2v) is 7.32. The minimum Gasteiger partial charge on any atom is -0.444 e. The fraction of sp³-hybridized carbons (Fsp3) is 0.857. The Morgan fingerprint density at radius 1 is 1.20 bits per heavy atom. The molecular formula is C14H27N3O3. The van der Waals surface area contributed by atoms with Crippen molar-refractivity contribution in [3.63, 3.8) is 0 Å². The Balaban J connectivity index is 2.67. The van der Waals surface area contributed by atoms with Crippen LogP contribution in [-0.2, 0) is 9.53 Å². The summed E-state index contributed by atoms with van der Waals surface area (Å²) in [5.74, 6) is -0.353. The summed E-state index contributed by atoms with van der Waals surface area (Å²) in [6.45, 7) is 12.1. The van der Waals surface area contributed by atoms with Crippen molar-refractivity contribution in [1.82, 2.24) is 10.2 Å². The molecule has 0 bridgehead atoms. The van der Waals surface area contributed by atoms with Gasteiger partial charge in [-0.2, -0.15) is 0 Å². The van der Waals surface area contributed by atoms with Gasteiger partial charge in [0.2, 0.25) is 5.91 Å². The number of ether oxygens (including phenoxy) is 1. The summed E-state index contributed by atoms with van der Waals surface area (Å²) in [7, 11) is 0.